The molecule has 0 atom stereocenters. The second-order valence-corrected chi connectivity index (χ2v) is 10.1. The van der Waals surface area contributed by atoms with Gasteiger partial charge in [0.15, 0.2) is 9.84 Å². The highest BCUT2D eigenvalue weighted by molar-refractivity contribution is 7.91. The fraction of sp³-hybridized carbons (Fsp3) is 0.227. The highest BCUT2D eigenvalue weighted by Crippen LogP contribution is 2.32. The third-order valence-electron chi connectivity index (χ3n) is 5.72. The van der Waals surface area contributed by atoms with Gasteiger partial charge in [0.25, 0.3) is 5.91 Å². The van der Waals surface area contributed by atoms with Crippen LogP contribution in [0, 0.1) is 6.92 Å². The van der Waals surface area contributed by atoms with Crippen LogP contribution in [0.25, 0.3) is 33.2 Å². The van der Waals surface area contributed by atoms with Crippen LogP contribution in [0.5, 0.6) is 0 Å². The number of carbonyl (C=O) groups excluding carboxylic acids is 1. The molecule has 0 saturated carbocycles. The molecule has 1 amide bonds. The fourth-order valence-electron chi connectivity index (χ4n) is 3.97. The van der Waals surface area contributed by atoms with Gasteiger partial charge in [-0.05, 0) is 43.3 Å². The molecule has 8 nitrogen and oxygen atoms in total. The van der Waals surface area contributed by atoms with E-state index in [4.69, 9.17) is 10.7 Å². The fourth-order valence-corrected chi connectivity index (χ4v) is 5.17. The molecule has 1 aromatic carbocycles. The van der Waals surface area contributed by atoms with E-state index in [0.717, 1.165) is 27.8 Å². The molecule has 0 spiro atoms. The Kier molecular flexibility index (Phi) is 4.44. The molecule has 1 aliphatic rings. The van der Waals surface area contributed by atoms with Crippen molar-refractivity contribution in [3.05, 3.63) is 53.9 Å². The number of fused-ring (bicyclic) bond motifs is 3. The molecule has 0 aliphatic carbocycles. The molecular weight excluding hydrogens is 414 g/mol. The first kappa shape index (κ1) is 19.5. The number of pyridine rings is 2. The number of sulfone groups is 1. The summed E-state index contributed by atoms with van der Waals surface area (Å²) in [5.74, 6) is -0.236. The number of H-pyrrole nitrogens is 1. The largest absolute Gasteiger partial charge is 0.369 e. The number of carbonyl (C=O) groups is 1. The number of benzene rings is 1. The summed E-state index contributed by atoms with van der Waals surface area (Å²) >= 11 is 0. The molecule has 0 unspecified atom stereocenters. The Bertz CT molecular complexity index is 1430. The maximum Gasteiger partial charge on any atom is 0.250 e. The molecule has 1 aliphatic heterocycles. The zero-order chi connectivity index (χ0) is 21.8. The van der Waals surface area contributed by atoms with Gasteiger partial charge in [0, 0.05) is 41.6 Å². The number of primary amides is 1. The molecule has 1 saturated heterocycles. The Morgan fingerprint density at radius 2 is 1.90 bits per heavy atom. The normalized spacial score (nSPS) is 16.1. The van der Waals surface area contributed by atoms with Gasteiger partial charge < -0.3 is 15.6 Å². The maximum atomic E-state index is 12.2. The van der Waals surface area contributed by atoms with Crippen LogP contribution in [0.4, 0.5) is 5.69 Å². The van der Waals surface area contributed by atoms with Crippen molar-refractivity contribution in [3.63, 3.8) is 0 Å². The monoisotopic (exact) mass is 435 g/mol. The molecule has 5 rings (SSSR count). The van der Waals surface area contributed by atoms with Crippen LogP contribution in [-0.4, -0.2) is 53.9 Å². The highest BCUT2D eigenvalue weighted by atomic mass is 32.2. The Hall–Kier alpha value is -3.46. The van der Waals surface area contributed by atoms with E-state index in [-0.39, 0.29) is 11.5 Å². The Morgan fingerprint density at radius 3 is 2.58 bits per heavy atom. The summed E-state index contributed by atoms with van der Waals surface area (Å²) in [5, 5.41) is 0.868. The standard InChI is InChI=1S/C22H21N5O3S/c1-13-2-3-14(12-24-13)18-11-17(22(23)28)21-20(25-18)16-5-4-15(10-19(16)26-21)27-6-8-31(29,30)9-7-27/h2-5,10-12,26H,6-9H2,1H3,(H2,23,28). The molecule has 0 radical (unpaired) electrons. The topological polar surface area (TPSA) is 122 Å². The minimum Gasteiger partial charge on any atom is -0.369 e. The summed E-state index contributed by atoms with van der Waals surface area (Å²) in [6, 6.07) is 11.4. The van der Waals surface area contributed by atoms with Gasteiger partial charge in [-0.1, -0.05) is 0 Å². The van der Waals surface area contributed by atoms with Crippen molar-refractivity contribution in [1.82, 2.24) is 15.0 Å². The van der Waals surface area contributed by atoms with E-state index >= 15 is 0 Å². The summed E-state index contributed by atoms with van der Waals surface area (Å²) in [7, 11) is -2.95. The van der Waals surface area contributed by atoms with Gasteiger partial charge in [-0.3, -0.25) is 9.78 Å². The van der Waals surface area contributed by atoms with Crippen molar-refractivity contribution >= 4 is 43.4 Å². The van der Waals surface area contributed by atoms with E-state index in [1.807, 2.05) is 37.3 Å². The van der Waals surface area contributed by atoms with E-state index in [2.05, 4.69) is 14.9 Å². The molecule has 1 fully saturated rings. The van der Waals surface area contributed by atoms with E-state index in [1.165, 1.54) is 0 Å². The van der Waals surface area contributed by atoms with Crippen molar-refractivity contribution in [2.24, 2.45) is 5.73 Å². The van der Waals surface area contributed by atoms with Crippen LogP contribution in [0.2, 0.25) is 0 Å². The van der Waals surface area contributed by atoms with E-state index in [9.17, 15) is 13.2 Å². The van der Waals surface area contributed by atoms with Crippen molar-refractivity contribution in [2.45, 2.75) is 6.92 Å². The van der Waals surface area contributed by atoms with Gasteiger partial charge in [0.05, 0.1) is 39.3 Å². The van der Waals surface area contributed by atoms with Crippen molar-refractivity contribution in [1.29, 1.82) is 0 Å². The van der Waals surface area contributed by atoms with Crippen LogP contribution >= 0.6 is 0 Å². The third kappa shape index (κ3) is 3.50. The predicted molar refractivity (Wildman–Crippen MR) is 121 cm³/mol. The highest BCUT2D eigenvalue weighted by Gasteiger charge is 2.23. The van der Waals surface area contributed by atoms with Crippen molar-refractivity contribution in [2.75, 3.05) is 29.5 Å². The lowest BCUT2D eigenvalue weighted by Gasteiger charge is -2.28. The second-order valence-electron chi connectivity index (χ2n) is 7.82. The SMILES string of the molecule is Cc1ccc(-c2cc(C(N)=O)c3[nH]c4cc(N5CCS(=O)(=O)CC5)ccc4c3n2)cn1. The van der Waals surface area contributed by atoms with Crippen LogP contribution in [0.3, 0.4) is 0 Å². The number of aromatic amines is 1. The minimum absolute atomic E-state index is 0.152. The Balaban J connectivity index is 1.64. The van der Waals surface area contributed by atoms with Crippen molar-refractivity contribution in [3.8, 4) is 11.3 Å². The van der Waals surface area contributed by atoms with Crippen LogP contribution < -0.4 is 10.6 Å². The number of hydrogen-bond acceptors (Lipinski definition) is 6. The lowest BCUT2D eigenvalue weighted by atomic mass is 10.1. The summed E-state index contributed by atoms with van der Waals surface area (Å²) < 4.78 is 23.5. The number of aryl methyl sites for hydroxylation is 1. The second kappa shape index (κ2) is 7.05. The van der Waals surface area contributed by atoms with Gasteiger partial charge in [-0.2, -0.15) is 0 Å². The summed E-state index contributed by atoms with van der Waals surface area (Å²) in [4.78, 5) is 26.7. The zero-order valence-electron chi connectivity index (χ0n) is 16.9. The zero-order valence-corrected chi connectivity index (χ0v) is 17.7. The van der Waals surface area contributed by atoms with Gasteiger partial charge in [0.2, 0.25) is 0 Å². The average Bonchev–Trinajstić information content (AvgIpc) is 3.11. The molecule has 158 valence electrons. The first-order valence-electron chi connectivity index (χ1n) is 9.95. The molecule has 4 aromatic rings. The number of aromatic nitrogens is 3. The van der Waals surface area contributed by atoms with Gasteiger partial charge in [-0.25, -0.2) is 13.4 Å². The maximum absolute atomic E-state index is 12.2. The molecule has 4 heterocycles. The first-order chi connectivity index (χ1) is 14.8. The lowest BCUT2D eigenvalue weighted by molar-refractivity contribution is 0.100. The van der Waals surface area contributed by atoms with Gasteiger partial charge in [0.1, 0.15) is 0 Å². The number of nitrogens with one attached hydrogen (secondary N) is 1. The van der Waals surface area contributed by atoms with E-state index < -0.39 is 15.7 Å². The molecule has 9 heteroatoms. The minimum atomic E-state index is -2.95. The lowest BCUT2D eigenvalue weighted by Crippen LogP contribution is -2.40. The molecule has 31 heavy (non-hydrogen) atoms. The number of amides is 1. The van der Waals surface area contributed by atoms with Gasteiger partial charge >= 0.3 is 0 Å². The Labute approximate surface area is 179 Å². The molecule has 0 bridgehead atoms. The number of nitrogens with zero attached hydrogens (tertiary/aromatic N) is 3. The van der Waals surface area contributed by atoms with E-state index in [1.54, 1.807) is 12.3 Å². The number of anilines is 1. The molecule has 3 aromatic heterocycles. The average molecular weight is 436 g/mol. The number of nitrogens with two attached hydrogens (primary N) is 1. The Morgan fingerprint density at radius 1 is 1.13 bits per heavy atom. The van der Waals surface area contributed by atoms with Crippen LogP contribution in [0.1, 0.15) is 16.1 Å². The van der Waals surface area contributed by atoms with Gasteiger partial charge in [-0.15, -0.1) is 0 Å². The smallest absolute Gasteiger partial charge is 0.250 e. The van der Waals surface area contributed by atoms with Crippen LogP contribution in [-0.2, 0) is 9.84 Å². The van der Waals surface area contributed by atoms with E-state index in [0.29, 0.717) is 35.4 Å². The van der Waals surface area contributed by atoms with Crippen LogP contribution in [0.15, 0.2) is 42.6 Å². The molecule has 3 N–H and O–H groups in total. The predicted octanol–water partition coefficient (Wildman–Crippen LogP) is 2.42. The number of hydrogen-bond donors (Lipinski definition) is 2. The summed E-state index contributed by atoms with van der Waals surface area (Å²) in [6.45, 7) is 2.83. The number of rotatable bonds is 3. The molecular formula is C22H21N5O3S. The summed E-state index contributed by atoms with van der Waals surface area (Å²) in [5.41, 5.74) is 11.4. The van der Waals surface area contributed by atoms with Crippen molar-refractivity contribution < 1.29 is 13.2 Å². The quantitative estimate of drug-likeness (QED) is 0.510. The third-order valence-corrected chi connectivity index (χ3v) is 7.33. The summed E-state index contributed by atoms with van der Waals surface area (Å²) in [6.07, 6.45) is 1.73. The first-order valence-corrected chi connectivity index (χ1v) is 11.8.